The summed E-state index contributed by atoms with van der Waals surface area (Å²) in [7, 11) is -3.73. The van der Waals surface area contributed by atoms with Crippen molar-refractivity contribution in [3.05, 3.63) is 54.1 Å². The second-order valence-electron chi connectivity index (χ2n) is 5.93. The highest BCUT2D eigenvalue weighted by Crippen LogP contribution is 2.25. The zero-order chi connectivity index (χ0) is 17.2. The highest BCUT2D eigenvalue weighted by Gasteiger charge is 2.17. The van der Waals surface area contributed by atoms with Crippen LogP contribution in [0.2, 0.25) is 0 Å². The summed E-state index contributed by atoms with van der Waals surface area (Å²) < 4.78 is 27.7. The van der Waals surface area contributed by atoms with E-state index in [1.165, 1.54) is 19.1 Å². The lowest BCUT2D eigenvalue weighted by molar-refractivity contribution is 0.101. The fourth-order valence-electron chi connectivity index (χ4n) is 2.84. The number of hydrogen-bond donors (Lipinski definition) is 1. The molecule has 0 unspecified atom stereocenters. The Morgan fingerprint density at radius 3 is 2.46 bits per heavy atom. The van der Waals surface area contributed by atoms with Crippen LogP contribution in [0.5, 0.6) is 0 Å². The Morgan fingerprint density at radius 2 is 1.75 bits per heavy atom. The van der Waals surface area contributed by atoms with Crippen LogP contribution in [0, 0.1) is 0 Å². The summed E-state index contributed by atoms with van der Waals surface area (Å²) in [6.07, 6.45) is 2.32. The first kappa shape index (κ1) is 16.5. The monoisotopic (exact) mass is 344 g/mol. The van der Waals surface area contributed by atoms with Crippen molar-refractivity contribution in [1.82, 2.24) is 0 Å². The standard InChI is InChI=1S/C18H20N2O3S/c1-14(21)15-6-4-9-18(12-15)24(22,23)19-16-7-5-8-17(13-16)20-10-2-3-11-20/h4-9,12-13,19H,2-3,10-11H2,1H3. The lowest BCUT2D eigenvalue weighted by Crippen LogP contribution is -2.18. The van der Waals surface area contributed by atoms with Gasteiger partial charge in [-0.15, -0.1) is 0 Å². The normalized spacial score (nSPS) is 14.6. The Labute approximate surface area is 142 Å². The van der Waals surface area contributed by atoms with Crippen molar-refractivity contribution < 1.29 is 13.2 Å². The molecule has 2 aromatic carbocycles. The number of nitrogens with one attached hydrogen (secondary N) is 1. The topological polar surface area (TPSA) is 66.5 Å². The predicted octanol–water partition coefficient (Wildman–Crippen LogP) is 3.29. The van der Waals surface area contributed by atoms with Gasteiger partial charge in [-0.25, -0.2) is 8.42 Å². The maximum absolute atomic E-state index is 12.6. The van der Waals surface area contributed by atoms with Crippen LogP contribution in [-0.2, 0) is 10.0 Å². The third-order valence-electron chi connectivity index (χ3n) is 4.12. The van der Waals surface area contributed by atoms with Gasteiger partial charge < -0.3 is 4.90 Å². The van der Waals surface area contributed by atoms with Crippen molar-refractivity contribution in [2.45, 2.75) is 24.7 Å². The second kappa shape index (κ2) is 6.65. The molecule has 1 aliphatic heterocycles. The van der Waals surface area contributed by atoms with E-state index >= 15 is 0 Å². The molecule has 6 heteroatoms. The van der Waals surface area contributed by atoms with Crippen molar-refractivity contribution in [1.29, 1.82) is 0 Å². The van der Waals surface area contributed by atoms with Crippen LogP contribution >= 0.6 is 0 Å². The van der Waals surface area contributed by atoms with Gasteiger partial charge in [0.15, 0.2) is 5.78 Å². The number of rotatable bonds is 5. The first-order valence-corrected chi connectivity index (χ1v) is 9.43. The molecule has 1 aliphatic rings. The lowest BCUT2D eigenvalue weighted by atomic mass is 10.2. The van der Waals surface area contributed by atoms with Crippen LogP contribution in [0.4, 0.5) is 11.4 Å². The van der Waals surface area contributed by atoms with Crippen molar-refractivity contribution in [2.75, 3.05) is 22.7 Å². The van der Waals surface area contributed by atoms with Crippen LogP contribution in [0.1, 0.15) is 30.1 Å². The summed E-state index contributed by atoms with van der Waals surface area (Å²) in [6, 6.07) is 13.5. The molecule has 0 aliphatic carbocycles. The summed E-state index contributed by atoms with van der Waals surface area (Å²) in [6.45, 7) is 3.41. The number of ketones is 1. The van der Waals surface area contributed by atoms with Gasteiger partial charge in [-0.2, -0.15) is 0 Å². The Kier molecular flexibility index (Phi) is 4.57. The number of carbonyl (C=O) groups excluding carboxylic acids is 1. The number of nitrogens with zero attached hydrogens (tertiary/aromatic N) is 1. The quantitative estimate of drug-likeness (QED) is 0.845. The van der Waals surface area contributed by atoms with Gasteiger partial charge in [0.25, 0.3) is 10.0 Å². The molecule has 0 spiro atoms. The number of hydrogen-bond acceptors (Lipinski definition) is 4. The van der Waals surface area contributed by atoms with Crippen LogP contribution in [0.3, 0.4) is 0 Å². The molecule has 126 valence electrons. The molecular weight excluding hydrogens is 324 g/mol. The Morgan fingerprint density at radius 1 is 1.04 bits per heavy atom. The average Bonchev–Trinajstić information content (AvgIpc) is 3.09. The SMILES string of the molecule is CC(=O)c1cccc(S(=O)(=O)Nc2cccc(N3CCCC3)c2)c1. The van der Waals surface area contributed by atoms with Crippen LogP contribution < -0.4 is 9.62 Å². The van der Waals surface area contributed by atoms with E-state index in [0.717, 1.165) is 31.6 Å². The minimum absolute atomic E-state index is 0.0850. The predicted molar refractivity (Wildman–Crippen MR) is 95.1 cm³/mol. The molecule has 2 aromatic rings. The lowest BCUT2D eigenvalue weighted by Gasteiger charge is -2.18. The smallest absolute Gasteiger partial charge is 0.261 e. The Balaban J connectivity index is 1.85. The van der Waals surface area contributed by atoms with Gasteiger partial charge in [0, 0.05) is 24.3 Å². The van der Waals surface area contributed by atoms with Gasteiger partial charge in [0.2, 0.25) is 0 Å². The Bertz CT molecular complexity index is 856. The fraction of sp³-hybridized carbons (Fsp3) is 0.278. The molecule has 1 saturated heterocycles. The van der Waals surface area contributed by atoms with E-state index in [1.54, 1.807) is 18.2 Å². The first-order chi connectivity index (χ1) is 11.5. The van der Waals surface area contributed by atoms with Gasteiger partial charge in [0.05, 0.1) is 10.6 Å². The summed E-state index contributed by atoms with van der Waals surface area (Å²) >= 11 is 0. The maximum atomic E-state index is 12.6. The van der Waals surface area contributed by atoms with Gasteiger partial charge in [-0.3, -0.25) is 9.52 Å². The molecule has 1 heterocycles. The number of benzene rings is 2. The zero-order valence-corrected chi connectivity index (χ0v) is 14.3. The van der Waals surface area contributed by atoms with Gasteiger partial charge >= 0.3 is 0 Å². The summed E-state index contributed by atoms with van der Waals surface area (Å²) in [5.74, 6) is -0.164. The maximum Gasteiger partial charge on any atom is 0.261 e. The number of Topliss-reactive ketones (excluding diaryl/α,β-unsaturated/α-hetero) is 1. The minimum Gasteiger partial charge on any atom is -0.371 e. The molecule has 0 aromatic heterocycles. The summed E-state index contributed by atoms with van der Waals surface area (Å²) in [5.41, 5.74) is 1.92. The third-order valence-corrected chi connectivity index (χ3v) is 5.50. The largest absolute Gasteiger partial charge is 0.371 e. The molecule has 0 amide bonds. The molecule has 0 radical (unpaired) electrons. The molecule has 3 rings (SSSR count). The first-order valence-electron chi connectivity index (χ1n) is 7.94. The fourth-order valence-corrected chi connectivity index (χ4v) is 3.93. The molecule has 0 bridgehead atoms. The summed E-state index contributed by atoms with van der Waals surface area (Å²) in [5, 5.41) is 0. The van der Waals surface area contributed by atoms with E-state index < -0.39 is 10.0 Å². The zero-order valence-electron chi connectivity index (χ0n) is 13.5. The second-order valence-corrected chi connectivity index (χ2v) is 7.62. The number of carbonyl (C=O) groups is 1. The number of anilines is 2. The summed E-state index contributed by atoms with van der Waals surface area (Å²) in [4.78, 5) is 13.8. The molecule has 24 heavy (non-hydrogen) atoms. The van der Waals surface area contributed by atoms with E-state index in [2.05, 4.69) is 9.62 Å². The molecule has 1 fully saturated rings. The molecule has 1 N–H and O–H groups in total. The van der Waals surface area contributed by atoms with Crippen LogP contribution in [0.15, 0.2) is 53.4 Å². The van der Waals surface area contributed by atoms with E-state index in [1.807, 2.05) is 18.2 Å². The Hall–Kier alpha value is -2.34. The van der Waals surface area contributed by atoms with Crippen molar-refractivity contribution in [3.8, 4) is 0 Å². The highest BCUT2D eigenvalue weighted by atomic mass is 32.2. The van der Waals surface area contributed by atoms with Crippen LogP contribution in [0.25, 0.3) is 0 Å². The van der Waals surface area contributed by atoms with Crippen molar-refractivity contribution in [2.24, 2.45) is 0 Å². The highest BCUT2D eigenvalue weighted by molar-refractivity contribution is 7.92. The minimum atomic E-state index is -3.73. The molecule has 5 nitrogen and oxygen atoms in total. The molecule has 0 saturated carbocycles. The van der Waals surface area contributed by atoms with E-state index in [4.69, 9.17) is 0 Å². The molecule has 0 atom stereocenters. The van der Waals surface area contributed by atoms with E-state index in [-0.39, 0.29) is 10.7 Å². The van der Waals surface area contributed by atoms with Gasteiger partial charge in [0.1, 0.15) is 0 Å². The number of sulfonamides is 1. The van der Waals surface area contributed by atoms with Gasteiger partial charge in [-0.05, 0) is 50.1 Å². The third kappa shape index (κ3) is 3.59. The van der Waals surface area contributed by atoms with Crippen molar-refractivity contribution in [3.63, 3.8) is 0 Å². The van der Waals surface area contributed by atoms with Gasteiger partial charge in [-0.1, -0.05) is 18.2 Å². The van der Waals surface area contributed by atoms with E-state index in [0.29, 0.717) is 11.3 Å². The van der Waals surface area contributed by atoms with Crippen LogP contribution in [-0.4, -0.2) is 27.3 Å². The van der Waals surface area contributed by atoms with E-state index in [9.17, 15) is 13.2 Å². The van der Waals surface area contributed by atoms with Crippen molar-refractivity contribution >= 4 is 27.2 Å². The molecular formula is C18H20N2O3S. The average molecular weight is 344 g/mol.